The zero-order valence-electron chi connectivity index (χ0n) is 16.0. The lowest BCUT2D eigenvalue weighted by Gasteiger charge is -2.38. The minimum Gasteiger partial charge on any atom is -0.477 e. The number of nitrogens with zero attached hydrogens (tertiary/aromatic N) is 2. The van der Waals surface area contributed by atoms with Crippen molar-refractivity contribution in [1.82, 2.24) is 4.57 Å². The van der Waals surface area contributed by atoms with Crippen molar-refractivity contribution in [1.29, 1.82) is 0 Å². The third-order valence-electron chi connectivity index (χ3n) is 5.83. The summed E-state index contributed by atoms with van der Waals surface area (Å²) >= 11 is 0. The fourth-order valence-electron chi connectivity index (χ4n) is 4.70. The fraction of sp³-hybridized carbons (Fsp3) is 0.524. The topological polar surface area (TPSA) is 62.5 Å². The van der Waals surface area contributed by atoms with Crippen LogP contribution in [0, 0.1) is 24.6 Å². The summed E-state index contributed by atoms with van der Waals surface area (Å²) in [4.78, 5) is 26.3. The van der Waals surface area contributed by atoms with Crippen molar-refractivity contribution >= 4 is 22.6 Å². The van der Waals surface area contributed by atoms with E-state index in [0.29, 0.717) is 23.0 Å². The lowest BCUT2D eigenvalue weighted by molar-refractivity contribution is 0.0695. The highest BCUT2D eigenvalue weighted by Crippen LogP contribution is 2.40. The number of aromatic carboxylic acids is 1. The molecule has 2 aromatic rings. The van der Waals surface area contributed by atoms with Crippen molar-refractivity contribution < 1.29 is 14.3 Å². The summed E-state index contributed by atoms with van der Waals surface area (Å²) in [5.74, 6) is -0.757. The minimum absolute atomic E-state index is 0.165. The molecule has 1 aliphatic carbocycles. The Balaban J connectivity index is 1.98. The maximum atomic E-state index is 15.1. The van der Waals surface area contributed by atoms with Crippen molar-refractivity contribution in [2.45, 2.75) is 46.1 Å². The van der Waals surface area contributed by atoms with Gasteiger partial charge in [-0.3, -0.25) is 4.79 Å². The predicted molar refractivity (Wildman–Crippen MR) is 103 cm³/mol. The SMILES string of the molecule is Cc1c(N2CC(C)CC(C)C2)c(F)cc2c(=O)c(C(=O)O)cn(C3CC3)c12. The third-order valence-corrected chi connectivity index (χ3v) is 5.83. The summed E-state index contributed by atoms with van der Waals surface area (Å²) in [6.45, 7) is 7.78. The highest BCUT2D eigenvalue weighted by Gasteiger charge is 2.31. The van der Waals surface area contributed by atoms with Crippen LogP contribution < -0.4 is 10.3 Å². The molecule has 5 nitrogen and oxygen atoms in total. The predicted octanol–water partition coefficient (Wildman–Crippen LogP) is 3.96. The molecule has 2 unspecified atom stereocenters. The molecule has 2 aliphatic rings. The minimum atomic E-state index is -1.27. The van der Waals surface area contributed by atoms with Gasteiger partial charge in [0.25, 0.3) is 0 Å². The largest absolute Gasteiger partial charge is 0.477 e. The summed E-state index contributed by atoms with van der Waals surface area (Å²) in [6.07, 6.45) is 4.46. The number of carbonyl (C=O) groups is 1. The summed E-state index contributed by atoms with van der Waals surface area (Å²) < 4.78 is 17.0. The van der Waals surface area contributed by atoms with E-state index in [1.807, 2.05) is 11.5 Å². The van der Waals surface area contributed by atoms with Gasteiger partial charge in [-0.25, -0.2) is 9.18 Å². The Morgan fingerprint density at radius 2 is 1.85 bits per heavy atom. The van der Waals surface area contributed by atoms with Crippen molar-refractivity contribution in [3.05, 3.63) is 39.4 Å². The highest BCUT2D eigenvalue weighted by molar-refractivity contribution is 5.95. The van der Waals surface area contributed by atoms with Gasteiger partial charge in [0.15, 0.2) is 0 Å². The molecule has 0 spiro atoms. The molecule has 144 valence electrons. The molecule has 2 atom stereocenters. The number of carboxylic acids is 1. The molecule has 0 amide bonds. The molecule has 1 saturated carbocycles. The van der Waals surface area contributed by atoms with Crippen LogP contribution in [0.3, 0.4) is 0 Å². The first-order valence-electron chi connectivity index (χ1n) is 9.64. The van der Waals surface area contributed by atoms with E-state index in [1.165, 1.54) is 12.3 Å². The zero-order chi connectivity index (χ0) is 19.5. The molecule has 1 saturated heterocycles. The second kappa shape index (κ2) is 6.36. The lowest BCUT2D eigenvalue weighted by atomic mass is 9.91. The first kappa shape index (κ1) is 18.0. The zero-order valence-corrected chi connectivity index (χ0v) is 16.0. The van der Waals surface area contributed by atoms with E-state index in [1.54, 1.807) is 0 Å². The van der Waals surface area contributed by atoms with Gasteiger partial charge in [0.1, 0.15) is 11.4 Å². The second-order valence-electron chi connectivity index (χ2n) is 8.39. The van der Waals surface area contributed by atoms with Crippen LogP contribution in [-0.4, -0.2) is 28.7 Å². The number of pyridine rings is 1. The van der Waals surface area contributed by atoms with E-state index in [9.17, 15) is 14.7 Å². The van der Waals surface area contributed by atoms with E-state index >= 15 is 4.39 Å². The van der Waals surface area contributed by atoms with Crippen LogP contribution in [0.25, 0.3) is 10.9 Å². The molecule has 1 aliphatic heterocycles. The van der Waals surface area contributed by atoms with Crippen molar-refractivity contribution in [3.63, 3.8) is 0 Å². The number of fused-ring (bicyclic) bond motifs is 1. The maximum Gasteiger partial charge on any atom is 0.341 e. The van der Waals surface area contributed by atoms with Crippen LogP contribution in [0.4, 0.5) is 10.1 Å². The van der Waals surface area contributed by atoms with E-state index in [4.69, 9.17) is 0 Å². The summed E-state index contributed by atoms with van der Waals surface area (Å²) in [6, 6.07) is 1.43. The van der Waals surface area contributed by atoms with Crippen LogP contribution in [0.2, 0.25) is 0 Å². The van der Waals surface area contributed by atoms with Gasteiger partial charge in [0.05, 0.1) is 11.2 Å². The number of aromatic nitrogens is 1. The molecule has 1 aromatic carbocycles. The number of rotatable bonds is 3. The highest BCUT2D eigenvalue weighted by atomic mass is 19.1. The molecular weight excluding hydrogens is 347 g/mol. The summed E-state index contributed by atoms with van der Waals surface area (Å²) in [7, 11) is 0. The van der Waals surface area contributed by atoms with Crippen LogP contribution in [0.5, 0.6) is 0 Å². The average molecular weight is 372 g/mol. The van der Waals surface area contributed by atoms with Crippen molar-refractivity contribution in [2.75, 3.05) is 18.0 Å². The summed E-state index contributed by atoms with van der Waals surface area (Å²) in [5.41, 5.74) is 1.06. The molecule has 0 bridgehead atoms. The normalized spacial score (nSPS) is 23.0. The number of aryl methyl sites for hydroxylation is 1. The Morgan fingerprint density at radius 3 is 2.41 bits per heavy atom. The van der Waals surface area contributed by atoms with Gasteiger partial charge in [-0.1, -0.05) is 13.8 Å². The van der Waals surface area contributed by atoms with Crippen LogP contribution in [-0.2, 0) is 0 Å². The molecule has 6 heteroatoms. The Hall–Kier alpha value is -2.37. The first-order chi connectivity index (χ1) is 12.8. The van der Waals surface area contributed by atoms with Gasteiger partial charge in [-0.15, -0.1) is 0 Å². The molecule has 1 aromatic heterocycles. The Labute approximate surface area is 157 Å². The monoisotopic (exact) mass is 372 g/mol. The van der Waals surface area contributed by atoms with E-state index in [2.05, 4.69) is 18.7 Å². The van der Waals surface area contributed by atoms with Crippen LogP contribution >= 0.6 is 0 Å². The molecular formula is C21H25FN2O3. The molecule has 2 fully saturated rings. The second-order valence-corrected chi connectivity index (χ2v) is 8.39. The van der Waals surface area contributed by atoms with Gasteiger partial charge in [0.2, 0.25) is 5.43 Å². The van der Waals surface area contributed by atoms with Crippen LogP contribution in [0.1, 0.15) is 55.1 Å². The standard InChI is InChI=1S/C21H25FN2O3/c1-11-6-12(2)9-23(8-11)19-13(3)18-15(7-17(19)22)20(25)16(21(26)27)10-24(18)14-4-5-14/h7,10-12,14H,4-6,8-9H2,1-3H3,(H,26,27). The smallest absolute Gasteiger partial charge is 0.341 e. The quantitative estimate of drug-likeness (QED) is 0.886. The Kier molecular flexibility index (Phi) is 4.24. The van der Waals surface area contributed by atoms with Gasteiger partial charge in [-0.05, 0) is 49.7 Å². The molecule has 27 heavy (non-hydrogen) atoms. The van der Waals surface area contributed by atoms with Crippen molar-refractivity contribution in [2.24, 2.45) is 11.8 Å². The lowest BCUT2D eigenvalue weighted by Crippen LogP contribution is -2.39. The van der Waals surface area contributed by atoms with E-state index in [-0.39, 0.29) is 17.0 Å². The van der Waals surface area contributed by atoms with Gasteiger partial charge in [0, 0.05) is 30.7 Å². The number of hydrogen-bond acceptors (Lipinski definition) is 3. The fourth-order valence-corrected chi connectivity index (χ4v) is 4.70. The molecule has 0 radical (unpaired) electrons. The number of anilines is 1. The number of halogens is 1. The summed E-state index contributed by atoms with van der Waals surface area (Å²) in [5, 5.41) is 9.56. The first-order valence-corrected chi connectivity index (χ1v) is 9.64. The van der Waals surface area contributed by atoms with Crippen molar-refractivity contribution in [3.8, 4) is 0 Å². The molecule has 2 heterocycles. The number of piperidine rings is 1. The van der Waals surface area contributed by atoms with Gasteiger partial charge < -0.3 is 14.6 Å². The molecule has 1 N–H and O–H groups in total. The number of benzene rings is 1. The van der Waals surface area contributed by atoms with Gasteiger partial charge >= 0.3 is 5.97 Å². The van der Waals surface area contributed by atoms with Gasteiger partial charge in [-0.2, -0.15) is 0 Å². The third kappa shape index (κ3) is 3.01. The average Bonchev–Trinajstić information content (AvgIpc) is 3.39. The Morgan fingerprint density at radius 1 is 1.22 bits per heavy atom. The van der Waals surface area contributed by atoms with E-state index < -0.39 is 17.2 Å². The Bertz CT molecular complexity index is 983. The maximum absolute atomic E-state index is 15.1. The molecule has 4 rings (SSSR count). The van der Waals surface area contributed by atoms with E-state index in [0.717, 1.165) is 37.9 Å². The number of carboxylic acid groups (broad SMARTS) is 1. The number of hydrogen-bond donors (Lipinski definition) is 1. The van der Waals surface area contributed by atoms with Crippen LogP contribution in [0.15, 0.2) is 17.1 Å².